The molecule has 4 nitrogen and oxygen atoms in total. The van der Waals surface area contributed by atoms with E-state index in [1.807, 2.05) is 4.58 Å². The fraction of sp³-hybridized carbons (Fsp3) is 0.957. The van der Waals surface area contributed by atoms with Gasteiger partial charge in [0.15, 0.2) is 12.5 Å². The van der Waals surface area contributed by atoms with Crippen molar-refractivity contribution in [3.05, 3.63) is 0 Å². The van der Waals surface area contributed by atoms with Crippen molar-refractivity contribution >= 4 is 6.21 Å². The molecule has 0 unspecified atom stereocenters. The molecule has 0 saturated carbocycles. The lowest BCUT2D eigenvalue weighted by Gasteiger charge is -2.06. The summed E-state index contributed by atoms with van der Waals surface area (Å²) < 4.78 is 2.00. The number of hydrogen-bond donors (Lipinski definition) is 3. The van der Waals surface area contributed by atoms with Gasteiger partial charge in [-0.1, -0.05) is 96.8 Å². The van der Waals surface area contributed by atoms with E-state index in [1.165, 1.54) is 96.3 Å². The molecule has 0 atom stereocenters. The molecule has 0 spiro atoms. The van der Waals surface area contributed by atoms with E-state index < -0.39 is 6.29 Å². The molecular formula is C23H48ClNO3. The van der Waals surface area contributed by atoms with E-state index in [0.29, 0.717) is 13.0 Å². The molecule has 0 aliphatic carbocycles. The zero-order chi connectivity index (χ0) is 20.0. The SMILES string of the molecule is CCCCCCCCCCCCCCCCCC[N+](=CCO)CCC(O)O.[Cl-]. The fourth-order valence-electron chi connectivity index (χ4n) is 3.55. The minimum absolute atomic E-state index is 0. The van der Waals surface area contributed by atoms with Crippen molar-refractivity contribution in [1.29, 1.82) is 0 Å². The third-order valence-corrected chi connectivity index (χ3v) is 5.31. The monoisotopic (exact) mass is 421 g/mol. The van der Waals surface area contributed by atoms with Crippen molar-refractivity contribution in [3.8, 4) is 0 Å². The van der Waals surface area contributed by atoms with Gasteiger partial charge >= 0.3 is 0 Å². The maximum absolute atomic E-state index is 9.01. The zero-order valence-electron chi connectivity index (χ0n) is 18.5. The van der Waals surface area contributed by atoms with E-state index >= 15 is 0 Å². The third-order valence-electron chi connectivity index (χ3n) is 5.31. The van der Waals surface area contributed by atoms with Crippen LogP contribution in [0, 0.1) is 0 Å². The molecule has 5 heteroatoms. The molecule has 0 aromatic carbocycles. The number of unbranched alkanes of at least 4 members (excludes halogenated alkanes) is 15. The smallest absolute Gasteiger partial charge is 0.165 e. The molecule has 28 heavy (non-hydrogen) atoms. The first kappa shape index (κ1) is 30.0. The van der Waals surface area contributed by atoms with Crippen LogP contribution in [0.5, 0.6) is 0 Å². The van der Waals surface area contributed by atoms with Gasteiger partial charge in [0, 0.05) is 6.42 Å². The van der Waals surface area contributed by atoms with Crippen LogP contribution in [0.3, 0.4) is 0 Å². The number of rotatable bonds is 21. The van der Waals surface area contributed by atoms with Gasteiger partial charge in [-0.3, -0.25) is 0 Å². The van der Waals surface area contributed by atoms with Gasteiger partial charge in [-0.05, 0) is 6.42 Å². The summed E-state index contributed by atoms with van der Waals surface area (Å²) in [5, 5.41) is 26.9. The third kappa shape index (κ3) is 23.9. The first-order valence-electron chi connectivity index (χ1n) is 11.7. The standard InChI is InChI=1S/C23H48NO3.ClH/c1-2-3-4-5-6-7-8-9-10-11-12-13-14-15-16-17-19-24(21-22-25)20-18-23(26)27;/h21,23,25-27H,2-20,22H2,1H3;1H/q+1;/p-1. The normalized spacial score (nSPS) is 11.8. The van der Waals surface area contributed by atoms with Gasteiger partial charge in [0.05, 0.1) is 6.42 Å². The zero-order valence-corrected chi connectivity index (χ0v) is 19.2. The highest BCUT2D eigenvalue weighted by molar-refractivity contribution is 5.51. The van der Waals surface area contributed by atoms with Crippen molar-refractivity contribution in [2.75, 3.05) is 19.7 Å². The van der Waals surface area contributed by atoms with Gasteiger partial charge in [-0.2, -0.15) is 0 Å². The molecule has 0 aromatic rings. The lowest BCUT2D eigenvalue weighted by molar-refractivity contribution is -0.528. The predicted octanol–water partition coefficient (Wildman–Crippen LogP) is 2.03. The van der Waals surface area contributed by atoms with Crippen LogP contribution in [-0.2, 0) is 0 Å². The van der Waals surface area contributed by atoms with Crippen molar-refractivity contribution in [2.24, 2.45) is 0 Å². The quantitative estimate of drug-likeness (QED) is 0.115. The van der Waals surface area contributed by atoms with Crippen LogP contribution in [0.15, 0.2) is 0 Å². The predicted molar refractivity (Wildman–Crippen MR) is 116 cm³/mol. The molecule has 0 aromatic heterocycles. The summed E-state index contributed by atoms with van der Waals surface area (Å²) in [6.45, 7) is 3.78. The van der Waals surface area contributed by atoms with Crippen LogP contribution < -0.4 is 12.4 Å². The Labute approximate surface area is 180 Å². The van der Waals surface area contributed by atoms with Crippen molar-refractivity contribution in [2.45, 2.75) is 122 Å². The van der Waals surface area contributed by atoms with E-state index in [9.17, 15) is 0 Å². The lowest BCUT2D eigenvalue weighted by atomic mass is 10.0. The van der Waals surface area contributed by atoms with Crippen LogP contribution in [0.25, 0.3) is 0 Å². The maximum Gasteiger partial charge on any atom is 0.165 e. The molecule has 0 heterocycles. The van der Waals surface area contributed by atoms with Crippen LogP contribution in [-0.4, -0.2) is 52.1 Å². The summed E-state index contributed by atoms with van der Waals surface area (Å²) in [4.78, 5) is 0. The second-order valence-corrected chi connectivity index (χ2v) is 7.97. The molecule has 0 rings (SSSR count). The Kier molecular flexibility index (Phi) is 26.7. The Balaban J connectivity index is 0. The van der Waals surface area contributed by atoms with Gasteiger partial charge in [0.1, 0.15) is 19.7 Å². The van der Waals surface area contributed by atoms with E-state index in [-0.39, 0.29) is 19.0 Å². The summed E-state index contributed by atoms with van der Waals surface area (Å²) in [6.07, 6.45) is 22.7. The van der Waals surface area contributed by atoms with Crippen LogP contribution in [0.4, 0.5) is 0 Å². The molecule has 0 amide bonds. The molecule has 0 saturated heterocycles. The molecule has 170 valence electrons. The Bertz CT molecular complexity index is 325. The van der Waals surface area contributed by atoms with E-state index in [4.69, 9.17) is 15.3 Å². The highest BCUT2D eigenvalue weighted by Gasteiger charge is 2.07. The average molecular weight is 422 g/mol. The van der Waals surface area contributed by atoms with E-state index in [2.05, 4.69) is 6.92 Å². The van der Waals surface area contributed by atoms with Crippen LogP contribution in [0.2, 0.25) is 0 Å². The van der Waals surface area contributed by atoms with Crippen molar-refractivity contribution < 1.29 is 32.3 Å². The van der Waals surface area contributed by atoms with E-state index in [0.717, 1.165) is 13.0 Å². The summed E-state index contributed by atoms with van der Waals surface area (Å²) in [6, 6.07) is 0. The molecule has 0 radical (unpaired) electrons. The molecule has 0 bridgehead atoms. The molecule has 0 fully saturated rings. The van der Waals surface area contributed by atoms with Gasteiger partial charge in [-0.25, -0.2) is 4.58 Å². The largest absolute Gasteiger partial charge is 1.00 e. The Morgan fingerprint density at radius 3 is 1.39 bits per heavy atom. The minimum atomic E-state index is -1.26. The Morgan fingerprint density at radius 2 is 1.04 bits per heavy atom. The van der Waals surface area contributed by atoms with Crippen molar-refractivity contribution in [3.63, 3.8) is 0 Å². The number of aliphatic hydroxyl groups excluding tert-OH is 2. The topological polar surface area (TPSA) is 63.7 Å². The van der Waals surface area contributed by atoms with Gasteiger partial charge < -0.3 is 27.7 Å². The Hall–Kier alpha value is -0.160. The van der Waals surface area contributed by atoms with Gasteiger partial charge in [0.25, 0.3) is 0 Å². The van der Waals surface area contributed by atoms with E-state index in [1.54, 1.807) is 6.21 Å². The number of aliphatic hydroxyl groups is 3. The van der Waals surface area contributed by atoms with Crippen molar-refractivity contribution in [1.82, 2.24) is 0 Å². The summed E-state index contributed by atoms with van der Waals surface area (Å²) in [5.74, 6) is 0. The van der Waals surface area contributed by atoms with Crippen LogP contribution >= 0.6 is 0 Å². The second-order valence-electron chi connectivity index (χ2n) is 7.97. The fourth-order valence-corrected chi connectivity index (χ4v) is 3.55. The highest BCUT2D eigenvalue weighted by Crippen LogP contribution is 2.13. The summed E-state index contributed by atoms with van der Waals surface area (Å²) in [7, 11) is 0. The molecule has 0 aliphatic heterocycles. The lowest BCUT2D eigenvalue weighted by Crippen LogP contribution is -3.00. The highest BCUT2D eigenvalue weighted by atomic mass is 35.5. The van der Waals surface area contributed by atoms with Gasteiger partial charge in [0.2, 0.25) is 0 Å². The molecule has 0 aliphatic rings. The first-order chi connectivity index (χ1) is 13.2. The average Bonchev–Trinajstić information content (AvgIpc) is 2.65. The number of hydrogen-bond acceptors (Lipinski definition) is 3. The molecule has 3 N–H and O–H groups in total. The first-order valence-corrected chi connectivity index (χ1v) is 11.7. The number of halogens is 1. The van der Waals surface area contributed by atoms with Crippen LogP contribution in [0.1, 0.15) is 116 Å². The van der Waals surface area contributed by atoms with Gasteiger partial charge in [-0.15, -0.1) is 0 Å². The maximum atomic E-state index is 9.01. The minimum Gasteiger partial charge on any atom is -1.00 e. The summed E-state index contributed by atoms with van der Waals surface area (Å²) >= 11 is 0. The second kappa shape index (κ2) is 24.9. The Morgan fingerprint density at radius 1 is 0.643 bits per heavy atom. The summed E-state index contributed by atoms with van der Waals surface area (Å²) in [5.41, 5.74) is 0. The molecular weight excluding hydrogens is 374 g/mol. The number of nitrogens with zero attached hydrogens (tertiary/aromatic N) is 1.